The molecule has 8 heteroatoms. The Morgan fingerprint density at radius 1 is 1.21 bits per heavy atom. The lowest BCUT2D eigenvalue weighted by atomic mass is 9.84. The predicted octanol–water partition coefficient (Wildman–Crippen LogP) is 6.65. The second kappa shape index (κ2) is 7.50. The molecule has 28 heavy (non-hydrogen) atoms. The molecular weight excluding hydrogens is 389 g/mol. The molecule has 1 aliphatic heterocycles. The number of anilines is 1. The maximum atomic E-state index is 12.9. The van der Waals surface area contributed by atoms with Crippen molar-refractivity contribution in [3.63, 3.8) is 0 Å². The molecule has 4 nitrogen and oxygen atoms in total. The summed E-state index contributed by atoms with van der Waals surface area (Å²) in [4.78, 5) is 10.2. The molecule has 0 fully saturated rings. The number of nitroso groups, excluding NO2 is 1. The molecule has 148 valence electrons. The molecule has 0 radical (unpaired) electrons. The normalized spacial score (nSPS) is 15.4. The summed E-state index contributed by atoms with van der Waals surface area (Å²) in [6.07, 6.45) is -3.19. The van der Waals surface area contributed by atoms with E-state index in [0.717, 1.165) is 23.4 Å². The summed E-state index contributed by atoms with van der Waals surface area (Å²) < 4.78 is 45.7. The van der Waals surface area contributed by atoms with Gasteiger partial charge in [0.25, 0.3) is 0 Å². The van der Waals surface area contributed by atoms with Crippen molar-refractivity contribution in [2.24, 2.45) is 4.58 Å². The summed E-state index contributed by atoms with van der Waals surface area (Å²) in [6, 6.07) is 8.27. The van der Waals surface area contributed by atoms with Gasteiger partial charge < -0.3 is 10.1 Å². The molecule has 0 saturated heterocycles. The monoisotopic (exact) mass is 408 g/mol. The van der Waals surface area contributed by atoms with Crippen LogP contribution in [0.1, 0.15) is 30.5 Å². The molecule has 0 saturated carbocycles. The minimum Gasteiger partial charge on any atom is -0.405 e. The minimum atomic E-state index is -4.80. The number of nitrogens with zero attached hydrogens (tertiary/aromatic N) is 1. The van der Waals surface area contributed by atoms with Crippen LogP contribution in [0.3, 0.4) is 0 Å². The summed E-state index contributed by atoms with van der Waals surface area (Å²) in [5.41, 5.74) is 4.46. The molecule has 0 spiro atoms. The summed E-state index contributed by atoms with van der Waals surface area (Å²) >= 11 is 0.706. The van der Waals surface area contributed by atoms with E-state index in [4.69, 9.17) is 0 Å². The summed E-state index contributed by atoms with van der Waals surface area (Å²) in [5.74, 6) is -0.272. The van der Waals surface area contributed by atoms with Gasteiger partial charge in [-0.3, -0.25) is 0 Å². The van der Waals surface area contributed by atoms with Crippen molar-refractivity contribution < 1.29 is 17.9 Å². The van der Waals surface area contributed by atoms with Gasteiger partial charge in [-0.25, -0.2) is 0 Å². The highest BCUT2D eigenvalue weighted by molar-refractivity contribution is 8.00. The van der Waals surface area contributed by atoms with E-state index in [0.29, 0.717) is 28.6 Å². The van der Waals surface area contributed by atoms with Crippen LogP contribution in [0.25, 0.3) is 17.2 Å². The average Bonchev–Trinajstić information content (AvgIpc) is 2.89. The van der Waals surface area contributed by atoms with E-state index in [1.54, 1.807) is 12.1 Å². The maximum Gasteiger partial charge on any atom is 0.573 e. The van der Waals surface area contributed by atoms with Gasteiger partial charge in [-0.1, -0.05) is 26.0 Å². The number of aryl methyl sites for hydroxylation is 1. The van der Waals surface area contributed by atoms with Crippen LogP contribution in [0.5, 0.6) is 5.75 Å². The maximum absolute atomic E-state index is 12.9. The van der Waals surface area contributed by atoms with E-state index >= 15 is 0 Å². The summed E-state index contributed by atoms with van der Waals surface area (Å²) in [5, 5.41) is 4.79. The van der Waals surface area contributed by atoms with E-state index in [2.05, 4.69) is 28.5 Å². The van der Waals surface area contributed by atoms with Crippen LogP contribution < -0.4 is 10.1 Å². The van der Waals surface area contributed by atoms with Crippen molar-refractivity contribution >= 4 is 23.7 Å². The molecule has 0 aromatic heterocycles. The predicted molar refractivity (Wildman–Crippen MR) is 107 cm³/mol. The van der Waals surface area contributed by atoms with Gasteiger partial charge in [0.15, 0.2) is 0 Å². The third kappa shape index (κ3) is 4.32. The van der Waals surface area contributed by atoms with Crippen LogP contribution >= 0.6 is 11.9 Å². The molecular formula is C20H19F3N2O2S. The fourth-order valence-electron chi connectivity index (χ4n) is 3.32. The topological polar surface area (TPSA) is 50.7 Å². The number of fused-ring (bicyclic) bond motifs is 1. The Hall–Kier alpha value is -2.48. The van der Waals surface area contributed by atoms with Crippen LogP contribution in [0.2, 0.25) is 0 Å². The number of halogens is 3. The first-order valence-corrected chi connectivity index (χ1v) is 9.38. The van der Waals surface area contributed by atoms with Crippen molar-refractivity contribution in [3.05, 3.63) is 57.3 Å². The highest BCUT2D eigenvalue weighted by Crippen LogP contribution is 2.43. The van der Waals surface area contributed by atoms with Gasteiger partial charge >= 0.3 is 6.36 Å². The van der Waals surface area contributed by atoms with Gasteiger partial charge in [-0.2, -0.15) is 0 Å². The number of nitrogens with one attached hydrogen (secondary N) is 1. The third-order valence-corrected chi connectivity index (χ3v) is 5.04. The van der Waals surface area contributed by atoms with E-state index in [1.165, 1.54) is 17.5 Å². The van der Waals surface area contributed by atoms with Crippen LogP contribution in [0.4, 0.5) is 18.9 Å². The quantitative estimate of drug-likeness (QED) is 0.445. The number of hydrogen-bond acceptors (Lipinski definition) is 5. The Morgan fingerprint density at radius 2 is 1.96 bits per heavy atom. The second-order valence-corrected chi connectivity index (χ2v) is 7.87. The average molecular weight is 408 g/mol. The zero-order valence-electron chi connectivity index (χ0n) is 15.6. The molecule has 0 unspecified atom stereocenters. The molecule has 1 aliphatic rings. The smallest absolute Gasteiger partial charge is 0.405 e. The highest BCUT2D eigenvalue weighted by Gasteiger charge is 2.33. The zero-order valence-corrected chi connectivity index (χ0v) is 16.4. The molecule has 1 heterocycles. The van der Waals surface area contributed by atoms with E-state index in [-0.39, 0.29) is 11.2 Å². The Morgan fingerprint density at radius 3 is 2.64 bits per heavy atom. The molecule has 2 aromatic rings. The molecule has 0 bridgehead atoms. The molecule has 0 amide bonds. The van der Waals surface area contributed by atoms with Crippen molar-refractivity contribution in [1.82, 2.24) is 0 Å². The Labute approximate surface area is 165 Å². The van der Waals surface area contributed by atoms with Gasteiger partial charge in [-0.15, -0.1) is 18.1 Å². The minimum absolute atomic E-state index is 0.0481. The van der Waals surface area contributed by atoms with Gasteiger partial charge in [0.05, 0.1) is 0 Å². The fourth-order valence-corrected chi connectivity index (χ4v) is 3.59. The first-order chi connectivity index (χ1) is 13.1. The lowest BCUT2D eigenvalue weighted by Crippen LogP contribution is -2.19. The molecule has 1 N–H and O–H groups in total. The van der Waals surface area contributed by atoms with Crippen molar-refractivity contribution in [2.75, 3.05) is 11.9 Å². The van der Waals surface area contributed by atoms with E-state index < -0.39 is 6.36 Å². The number of benzene rings is 2. The lowest BCUT2D eigenvalue weighted by Gasteiger charge is -2.20. The Bertz CT molecular complexity index is 940. The standard InChI is InChI=1S/C20H19F3N2O2S/c1-12-8-16-17(24-11-19(16,2)3)10-14(12)15-9-13(6-7-28-25-26)4-5-18(15)27-20(21,22)23/h4-10,24H,11H2,1-3H3/b7-6+. The number of hydrogen-bond donors (Lipinski definition) is 1. The highest BCUT2D eigenvalue weighted by atomic mass is 32.2. The lowest BCUT2D eigenvalue weighted by molar-refractivity contribution is -0.274. The van der Waals surface area contributed by atoms with Crippen molar-refractivity contribution in [3.8, 4) is 16.9 Å². The number of ether oxygens (including phenoxy) is 1. The molecule has 2 aromatic carbocycles. The van der Waals surface area contributed by atoms with Gasteiger partial charge in [-0.05, 0) is 58.9 Å². The largest absolute Gasteiger partial charge is 0.573 e. The first kappa shape index (κ1) is 20.3. The zero-order chi connectivity index (χ0) is 20.5. The SMILES string of the molecule is Cc1cc2c(cc1-c1cc(/C=C/SN=O)ccc1OC(F)(F)F)NCC2(C)C. The summed E-state index contributed by atoms with van der Waals surface area (Å²) in [6.45, 7) is 6.87. The Balaban J connectivity index is 2.13. The second-order valence-electron chi connectivity index (χ2n) is 7.24. The van der Waals surface area contributed by atoms with Crippen molar-refractivity contribution in [2.45, 2.75) is 32.5 Å². The third-order valence-electron chi connectivity index (χ3n) is 4.70. The van der Waals surface area contributed by atoms with Crippen molar-refractivity contribution in [1.29, 1.82) is 0 Å². The van der Waals surface area contributed by atoms with Crippen LogP contribution in [-0.2, 0) is 5.41 Å². The fraction of sp³-hybridized carbons (Fsp3) is 0.300. The number of rotatable bonds is 5. The van der Waals surface area contributed by atoms with E-state index in [9.17, 15) is 18.1 Å². The molecule has 0 atom stereocenters. The first-order valence-electron chi connectivity index (χ1n) is 8.55. The summed E-state index contributed by atoms with van der Waals surface area (Å²) in [7, 11) is 0. The molecule has 0 aliphatic carbocycles. The number of alkyl halides is 3. The molecule has 3 rings (SSSR count). The van der Waals surface area contributed by atoms with Crippen LogP contribution in [-0.4, -0.2) is 12.9 Å². The van der Waals surface area contributed by atoms with Crippen LogP contribution in [0.15, 0.2) is 40.3 Å². The van der Waals surface area contributed by atoms with Gasteiger partial charge in [0, 0.05) is 39.7 Å². The van der Waals surface area contributed by atoms with Crippen LogP contribution in [0, 0.1) is 11.8 Å². The van der Waals surface area contributed by atoms with E-state index in [1.807, 2.05) is 19.1 Å². The van der Waals surface area contributed by atoms with Gasteiger partial charge in [0.1, 0.15) is 5.75 Å². The van der Waals surface area contributed by atoms with Gasteiger partial charge in [0.2, 0.25) is 0 Å². The Kier molecular flexibility index (Phi) is 5.43.